The molecule has 4 N–H and O–H groups in total. The summed E-state index contributed by atoms with van der Waals surface area (Å²) in [5.74, 6) is -2.52. The summed E-state index contributed by atoms with van der Waals surface area (Å²) in [6.45, 7) is 5.80. The summed E-state index contributed by atoms with van der Waals surface area (Å²) in [6, 6.07) is 18.7. The molecule has 44 heavy (non-hydrogen) atoms. The van der Waals surface area contributed by atoms with Crippen molar-refractivity contribution >= 4 is 23.6 Å². The number of nitrogens with one attached hydrogen (secondary N) is 1. The third kappa shape index (κ3) is 7.67. The molecule has 1 heterocycles. The number of carbonyl (C=O) groups excluding carboxylic acids is 1. The highest BCUT2D eigenvalue weighted by molar-refractivity contribution is 6.12. The Bertz CT molecular complexity index is 1640. The molecule has 7 nitrogen and oxygen atoms in total. The zero-order valence-corrected chi connectivity index (χ0v) is 24.8. The van der Waals surface area contributed by atoms with E-state index in [9.17, 15) is 28.6 Å². The first-order valence-corrected chi connectivity index (χ1v) is 14.4. The topological polar surface area (TPSA) is 112 Å². The minimum atomic E-state index is -1.27. The molecule has 2 atom stereocenters. The van der Waals surface area contributed by atoms with Crippen molar-refractivity contribution in [2.24, 2.45) is 0 Å². The average molecular weight is 603 g/mol. The van der Waals surface area contributed by atoms with Crippen LogP contribution in [0.25, 0.3) is 28.3 Å². The molecule has 1 aromatic heterocycles. The zero-order chi connectivity index (χ0) is 32.0. The van der Waals surface area contributed by atoms with E-state index in [4.69, 9.17) is 5.11 Å². The van der Waals surface area contributed by atoms with Gasteiger partial charge in [-0.15, -0.1) is 0 Å². The van der Waals surface area contributed by atoms with Crippen LogP contribution in [0.1, 0.15) is 61.4 Å². The van der Waals surface area contributed by atoms with Crippen molar-refractivity contribution in [1.82, 2.24) is 4.57 Å². The first-order valence-electron chi connectivity index (χ1n) is 14.4. The van der Waals surface area contributed by atoms with Gasteiger partial charge in [0.05, 0.1) is 18.6 Å². The van der Waals surface area contributed by atoms with Gasteiger partial charge in [0.1, 0.15) is 17.3 Å². The first-order chi connectivity index (χ1) is 21.0. The molecule has 0 aliphatic carbocycles. The monoisotopic (exact) mass is 602 g/mol. The number of aromatic nitrogens is 1. The smallest absolute Gasteiger partial charge is 0.305 e. The maximum absolute atomic E-state index is 14.2. The molecule has 0 saturated carbocycles. The molecule has 4 aromatic rings. The number of anilines is 1. The molecule has 0 radical (unpaired) electrons. The third-order valence-electron chi connectivity index (χ3n) is 7.23. The fourth-order valence-corrected chi connectivity index (χ4v) is 5.24. The van der Waals surface area contributed by atoms with Crippen LogP contribution in [0.15, 0.2) is 78.9 Å². The SMILES string of the molecule is CCc1cccc(NC(=O)c2c(-c3ccc(F)cc3)c(-c3ccc(F)cc3)c(C=C[C@@H](O)C[C@@H](O)CC(=O)O)n2C(C)C)c1. The Balaban J connectivity index is 1.97. The van der Waals surface area contributed by atoms with Gasteiger partial charge in [0.15, 0.2) is 0 Å². The second kappa shape index (κ2) is 14.2. The van der Waals surface area contributed by atoms with Crippen LogP contribution in [0.5, 0.6) is 0 Å². The number of aliphatic hydroxyl groups is 2. The highest BCUT2D eigenvalue weighted by Crippen LogP contribution is 2.43. The Morgan fingerprint density at radius 1 is 0.909 bits per heavy atom. The molecular weight excluding hydrogens is 566 g/mol. The van der Waals surface area contributed by atoms with Crippen LogP contribution in [0, 0.1) is 11.6 Å². The molecule has 0 spiro atoms. The summed E-state index contributed by atoms with van der Waals surface area (Å²) < 4.78 is 29.9. The second-order valence-corrected chi connectivity index (χ2v) is 10.9. The highest BCUT2D eigenvalue weighted by Gasteiger charge is 2.29. The number of carboxylic acid groups (broad SMARTS) is 1. The van der Waals surface area contributed by atoms with Gasteiger partial charge in [-0.25, -0.2) is 8.78 Å². The number of nitrogens with zero attached hydrogens (tertiary/aromatic N) is 1. The molecule has 3 aromatic carbocycles. The van der Waals surface area contributed by atoms with Gasteiger partial charge in [0, 0.05) is 35.0 Å². The lowest BCUT2D eigenvalue weighted by molar-refractivity contribution is -0.139. The third-order valence-corrected chi connectivity index (χ3v) is 7.23. The van der Waals surface area contributed by atoms with E-state index in [0.717, 1.165) is 12.0 Å². The van der Waals surface area contributed by atoms with Gasteiger partial charge in [-0.05, 0) is 79.4 Å². The lowest BCUT2D eigenvalue weighted by atomic mass is 9.94. The summed E-state index contributed by atoms with van der Waals surface area (Å²) in [6.07, 6.45) is 0.598. The number of halogens is 2. The number of carbonyl (C=O) groups is 2. The van der Waals surface area contributed by atoms with Crippen LogP contribution in [0.3, 0.4) is 0 Å². The van der Waals surface area contributed by atoms with Crippen molar-refractivity contribution in [3.63, 3.8) is 0 Å². The van der Waals surface area contributed by atoms with Crippen molar-refractivity contribution in [2.45, 2.75) is 58.3 Å². The average Bonchev–Trinajstić information content (AvgIpc) is 3.32. The molecular formula is C35H36F2N2O5. The van der Waals surface area contributed by atoms with Gasteiger partial charge in [0.25, 0.3) is 5.91 Å². The Morgan fingerprint density at radius 2 is 1.50 bits per heavy atom. The van der Waals surface area contributed by atoms with E-state index in [2.05, 4.69) is 5.32 Å². The molecule has 0 aliphatic rings. The van der Waals surface area contributed by atoms with E-state index in [1.54, 1.807) is 41.0 Å². The number of hydrogen-bond acceptors (Lipinski definition) is 4. The molecule has 4 rings (SSSR count). The fourth-order valence-electron chi connectivity index (χ4n) is 5.24. The summed E-state index contributed by atoms with van der Waals surface area (Å²) in [4.78, 5) is 25.2. The minimum absolute atomic E-state index is 0.219. The van der Waals surface area contributed by atoms with Crippen molar-refractivity contribution < 1.29 is 33.7 Å². The number of amides is 1. The number of benzene rings is 3. The molecule has 1 amide bonds. The Morgan fingerprint density at radius 3 is 2.05 bits per heavy atom. The largest absolute Gasteiger partial charge is 0.481 e. The summed E-state index contributed by atoms with van der Waals surface area (Å²) >= 11 is 0. The second-order valence-electron chi connectivity index (χ2n) is 10.9. The lowest BCUT2D eigenvalue weighted by Gasteiger charge is -2.17. The lowest BCUT2D eigenvalue weighted by Crippen LogP contribution is -2.20. The molecule has 0 fully saturated rings. The Kier molecular flexibility index (Phi) is 10.5. The van der Waals surface area contributed by atoms with E-state index in [0.29, 0.717) is 33.6 Å². The maximum Gasteiger partial charge on any atom is 0.305 e. The number of hydrogen-bond donors (Lipinski definition) is 4. The number of aliphatic carboxylic acids is 1. The fraction of sp³-hybridized carbons (Fsp3) is 0.257. The van der Waals surface area contributed by atoms with Crippen molar-refractivity contribution in [3.05, 3.63) is 107 Å². The normalized spacial score (nSPS) is 12.9. The molecule has 9 heteroatoms. The van der Waals surface area contributed by atoms with Crippen LogP contribution in [-0.4, -0.2) is 44.0 Å². The number of aliphatic hydroxyl groups excluding tert-OH is 2. The highest BCUT2D eigenvalue weighted by atomic mass is 19.1. The molecule has 0 saturated heterocycles. The van der Waals surface area contributed by atoms with Crippen LogP contribution in [0.2, 0.25) is 0 Å². The standard InChI is InChI=1S/C35H36F2N2O5/c1-4-22-6-5-7-27(18-22)38-35(44)34-33(24-10-14-26(37)15-11-24)32(23-8-12-25(36)13-9-23)30(39(34)21(2)3)17-16-28(40)19-29(41)20-31(42)43/h5-18,21,28-29,40-41H,4,19-20H2,1-3H3,(H,38,44)(H,42,43)/t28-,29-/m1/s1. The van der Waals surface area contributed by atoms with Gasteiger partial charge in [-0.2, -0.15) is 0 Å². The van der Waals surface area contributed by atoms with Gasteiger partial charge in [-0.3, -0.25) is 9.59 Å². The zero-order valence-electron chi connectivity index (χ0n) is 24.8. The van der Waals surface area contributed by atoms with E-state index >= 15 is 0 Å². The number of aryl methyl sites for hydroxylation is 1. The van der Waals surface area contributed by atoms with Gasteiger partial charge in [0.2, 0.25) is 0 Å². The van der Waals surface area contributed by atoms with E-state index < -0.39 is 42.1 Å². The first kappa shape index (κ1) is 32.3. The van der Waals surface area contributed by atoms with E-state index in [-0.39, 0.29) is 18.2 Å². The van der Waals surface area contributed by atoms with Crippen LogP contribution < -0.4 is 5.32 Å². The molecule has 0 aliphatic heterocycles. The van der Waals surface area contributed by atoms with E-state index in [1.807, 2.05) is 39.0 Å². The van der Waals surface area contributed by atoms with Crippen LogP contribution >= 0.6 is 0 Å². The minimum Gasteiger partial charge on any atom is -0.481 e. The molecule has 230 valence electrons. The van der Waals surface area contributed by atoms with Gasteiger partial charge < -0.3 is 25.2 Å². The summed E-state index contributed by atoms with van der Waals surface area (Å²) in [7, 11) is 0. The van der Waals surface area contributed by atoms with E-state index in [1.165, 1.54) is 30.3 Å². The quantitative estimate of drug-likeness (QED) is 0.138. The van der Waals surface area contributed by atoms with Crippen molar-refractivity contribution in [2.75, 3.05) is 5.32 Å². The van der Waals surface area contributed by atoms with Gasteiger partial charge in [-0.1, -0.05) is 49.4 Å². The number of carboxylic acids is 1. The van der Waals surface area contributed by atoms with Crippen molar-refractivity contribution in [3.8, 4) is 22.3 Å². The molecule has 0 bridgehead atoms. The van der Waals surface area contributed by atoms with Gasteiger partial charge >= 0.3 is 5.97 Å². The van der Waals surface area contributed by atoms with Crippen LogP contribution in [0.4, 0.5) is 14.5 Å². The summed E-state index contributed by atoms with van der Waals surface area (Å²) in [5, 5.41) is 32.7. The predicted octanol–water partition coefficient (Wildman–Crippen LogP) is 7.10. The predicted molar refractivity (Wildman–Crippen MR) is 167 cm³/mol. The Hall–Kier alpha value is -4.60. The van der Waals surface area contributed by atoms with Crippen LogP contribution in [-0.2, 0) is 11.2 Å². The Labute approximate surface area is 255 Å². The van der Waals surface area contributed by atoms with Crippen molar-refractivity contribution in [1.29, 1.82) is 0 Å². The summed E-state index contributed by atoms with van der Waals surface area (Å²) in [5.41, 5.74) is 4.56. The molecule has 0 unspecified atom stereocenters. The number of rotatable bonds is 12. The maximum atomic E-state index is 14.2.